The molecule has 134 valence electrons. The SMILES string of the molecule is O=C(NCc1ccc(Cn2cnc3ccccc32)cc1)NC1CCOC1. The summed E-state index contributed by atoms with van der Waals surface area (Å²) in [7, 11) is 0. The van der Waals surface area contributed by atoms with Crippen molar-refractivity contribution in [2.24, 2.45) is 0 Å². The first-order valence-corrected chi connectivity index (χ1v) is 8.88. The monoisotopic (exact) mass is 350 g/mol. The van der Waals surface area contributed by atoms with Crippen molar-refractivity contribution in [1.29, 1.82) is 0 Å². The van der Waals surface area contributed by atoms with Crippen LogP contribution in [0.25, 0.3) is 11.0 Å². The van der Waals surface area contributed by atoms with Gasteiger partial charge in [0.25, 0.3) is 0 Å². The van der Waals surface area contributed by atoms with E-state index in [-0.39, 0.29) is 12.1 Å². The molecule has 3 aromatic rings. The second-order valence-electron chi connectivity index (χ2n) is 6.57. The normalized spacial score (nSPS) is 16.7. The highest BCUT2D eigenvalue weighted by molar-refractivity contribution is 5.75. The molecule has 1 aliphatic heterocycles. The standard InChI is InChI=1S/C20H22N4O2/c25-20(23-17-9-10-26-13-17)21-11-15-5-7-16(8-6-15)12-24-14-22-18-3-1-2-4-19(18)24/h1-8,14,17H,9-13H2,(H2,21,23,25). The van der Waals surface area contributed by atoms with E-state index in [0.717, 1.165) is 36.2 Å². The lowest BCUT2D eigenvalue weighted by Gasteiger charge is -2.12. The summed E-state index contributed by atoms with van der Waals surface area (Å²) < 4.78 is 7.39. The fourth-order valence-corrected chi connectivity index (χ4v) is 3.16. The summed E-state index contributed by atoms with van der Waals surface area (Å²) in [5.74, 6) is 0. The van der Waals surface area contributed by atoms with Crippen molar-refractivity contribution >= 4 is 17.1 Å². The number of nitrogens with one attached hydrogen (secondary N) is 2. The van der Waals surface area contributed by atoms with Crippen LogP contribution in [-0.2, 0) is 17.8 Å². The van der Waals surface area contributed by atoms with E-state index in [1.807, 2.05) is 36.7 Å². The van der Waals surface area contributed by atoms with Crippen LogP contribution in [0.15, 0.2) is 54.9 Å². The van der Waals surface area contributed by atoms with E-state index in [2.05, 4.69) is 38.4 Å². The second-order valence-corrected chi connectivity index (χ2v) is 6.57. The van der Waals surface area contributed by atoms with E-state index >= 15 is 0 Å². The van der Waals surface area contributed by atoms with Crippen molar-refractivity contribution in [3.05, 3.63) is 66.0 Å². The first kappa shape index (κ1) is 16.6. The zero-order chi connectivity index (χ0) is 17.8. The van der Waals surface area contributed by atoms with E-state index in [9.17, 15) is 4.79 Å². The summed E-state index contributed by atoms with van der Waals surface area (Å²) >= 11 is 0. The maximum atomic E-state index is 11.9. The molecule has 1 fully saturated rings. The van der Waals surface area contributed by atoms with Crippen molar-refractivity contribution in [1.82, 2.24) is 20.2 Å². The minimum atomic E-state index is -0.144. The molecule has 4 rings (SSSR count). The van der Waals surface area contributed by atoms with Crippen LogP contribution < -0.4 is 10.6 Å². The summed E-state index contributed by atoms with van der Waals surface area (Å²) in [6.45, 7) is 2.60. The fraction of sp³-hybridized carbons (Fsp3) is 0.300. The number of benzene rings is 2. The number of rotatable bonds is 5. The third-order valence-electron chi connectivity index (χ3n) is 4.62. The van der Waals surface area contributed by atoms with Gasteiger partial charge in [-0.3, -0.25) is 0 Å². The zero-order valence-corrected chi connectivity index (χ0v) is 14.5. The Morgan fingerprint density at radius 3 is 2.77 bits per heavy atom. The van der Waals surface area contributed by atoms with Crippen LogP contribution in [0.3, 0.4) is 0 Å². The molecule has 6 nitrogen and oxygen atoms in total. The number of hydrogen-bond acceptors (Lipinski definition) is 3. The van der Waals surface area contributed by atoms with Crippen molar-refractivity contribution in [3.8, 4) is 0 Å². The molecule has 2 heterocycles. The molecule has 0 bridgehead atoms. The number of amides is 2. The van der Waals surface area contributed by atoms with E-state index in [0.29, 0.717) is 13.2 Å². The van der Waals surface area contributed by atoms with Crippen LogP contribution >= 0.6 is 0 Å². The highest BCUT2D eigenvalue weighted by Crippen LogP contribution is 2.14. The molecule has 1 unspecified atom stereocenters. The van der Waals surface area contributed by atoms with Crippen molar-refractivity contribution in [2.75, 3.05) is 13.2 Å². The summed E-state index contributed by atoms with van der Waals surface area (Å²) in [4.78, 5) is 16.3. The Kier molecular flexibility index (Phi) is 4.84. The number of imidazole rings is 1. The lowest BCUT2D eigenvalue weighted by molar-refractivity contribution is 0.188. The molecule has 6 heteroatoms. The molecule has 1 saturated heterocycles. The van der Waals surface area contributed by atoms with Gasteiger partial charge in [-0.15, -0.1) is 0 Å². The second kappa shape index (κ2) is 7.58. The van der Waals surface area contributed by atoms with Gasteiger partial charge >= 0.3 is 6.03 Å². The van der Waals surface area contributed by atoms with Crippen LogP contribution in [0.5, 0.6) is 0 Å². The number of para-hydroxylation sites is 2. The van der Waals surface area contributed by atoms with Crippen LogP contribution in [0.4, 0.5) is 4.79 Å². The molecule has 0 saturated carbocycles. The first-order valence-electron chi connectivity index (χ1n) is 8.88. The first-order chi connectivity index (χ1) is 12.8. The van der Waals surface area contributed by atoms with Gasteiger partial charge in [0.2, 0.25) is 0 Å². The van der Waals surface area contributed by atoms with E-state index in [1.165, 1.54) is 5.56 Å². The Bertz CT molecular complexity index is 882. The van der Waals surface area contributed by atoms with E-state index in [1.54, 1.807) is 0 Å². The number of carbonyl (C=O) groups excluding carboxylic acids is 1. The topological polar surface area (TPSA) is 68.2 Å². The number of hydrogen-bond donors (Lipinski definition) is 2. The van der Waals surface area contributed by atoms with Crippen molar-refractivity contribution < 1.29 is 9.53 Å². The molecule has 0 spiro atoms. The highest BCUT2D eigenvalue weighted by Gasteiger charge is 2.17. The van der Waals surface area contributed by atoms with Crippen LogP contribution in [0.2, 0.25) is 0 Å². The molecule has 0 aliphatic carbocycles. The van der Waals surface area contributed by atoms with Gasteiger partial charge in [-0.1, -0.05) is 36.4 Å². The lowest BCUT2D eigenvalue weighted by atomic mass is 10.1. The molecule has 26 heavy (non-hydrogen) atoms. The maximum Gasteiger partial charge on any atom is 0.315 e. The zero-order valence-electron chi connectivity index (χ0n) is 14.5. The quantitative estimate of drug-likeness (QED) is 0.743. The smallest absolute Gasteiger partial charge is 0.315 e. The van der Waals surface area contributed by atoms with Crippen molar-refractivity contribution in [3.63, 3.8) is 0 Å². The summed E-state index contributed by atoms with van der Waals surface area (Å²) in [6, 6.07) is 16.4. The van der Waals surface area contributed by atoms with Gasteiger partial charge in [-0.2, -0.15) is 0 Å². The predicted molar refractivity (Wildman–Crippen MR) is 99.9 cm³/mol. The minimum Gasteiger partial charge on any atom is -0.379 e. The largest absolute Gasteiger partial charge is 0.379 e. The van der Waals surface area contributed by atoms with E-state index < -0.39 is 0 Å². The number of aromatic nitrogens is 2. The fourth-order valence-electron chi connectivity index (χ4n) is 3.16. The lowest BCUT2D eigenvalue weighted by Crippen LogP contribution is -2.42. The average molecular weight is 350 g/mol. The van der Waals surface area contributed by atoms with Gasteiger partial charge in [-0.25, -0.2) is 9.78 Å². The van der Waals surface area contributed by atoms with Gasteiger partial charge in [0.1, 0.15) is 0 Å². The Hall–Kier alpha value is -2.86. The van der Waals surface area contributed by atoms with E-state index in [4.69, 9.17) is 4.74 Å². The van der Waals surface area contributed by atoms with Gasteiger partial charge in [0.05, 0.1) is 30.0 Å². The molecular weight excluding hydrogens is 328 g/mol. The van der Waals surface area contributed by atoms with Crippen LogP contribution in [0.1, 0.15) is 17.5 Å². The number of urea groups is 1. The maximum absolute atomic E-state index is 11.9. The minimum absolute atomic E-state index is 0.127. The number of nitrogens with zero attached hydrogens (tertiary/aromatic N) is 2. The third-order valence-corrected chi connectivity index (χ3v) is 4.62. The third kappa shape index (κ3) is 3.86. The highest BCUT2D eigenvalue weighted by atomic mass is 16.5. The van der Waals surface area contributed by atoms with Crippen molar-refractivity contribution in [2.45, 2.75) is 25.6 Å². The van der Waals surface area contributed by atoms with Crippen LogP contribution in [-0.4, -0.2) is 34.8 Å². The predicted octanol–water partition coefficient (Wildman–Crippen LogP) is 2.67. The molecule has 2 N–H and O–H groups in total. The summed E-state index contributed by atoms with van der Waals surface area (Å²) in [5.41, 5.74) is 4.41. The molecule has 1 aromatic heterocycles. The molecule has 0 radical (unpaired) electrons. The number of fused-ring (bicyclic) bond motifs is 1. The Morgan fingerprint density at radius 1 is 1.15 bits per heavy atom. The molecular formula is C20H22N4O2. The number of ether oxygens (including phenoxy) is 1. The van der Waals surface area contributed by atoms with Crippen LogP contribution in [0, 0.1) is 0 Å². The summed E-state index contributed by atoms with van der Waals surface area (Å²) in [6.07, 6.45) is 2.75. The van der Waals surface area contributed by atoms with Gasteiger partial charge < -0.3 is 19.9 Å². The Morgan fingerprint density at radius 2 is 1.96 bits per heavy atom. The molecule has 1 atom stereocenters. The Labute approximate surface area is 152 Å². The number of carbonyl (C=O) groups is 1. The average Bonchev–Trinajstić information content (AvgIpc) is 3.32. The Balaban J connectivity index is 1.32. The summed E-state index contributed by atoms with van der Waals surface area (Å²) in [5, 5.41) is 5.82. The van der Waals surface area contributed by atoms with Gasteiger partial charge in [0.15, 0.2) is 0 Å². The van der Waals surface area contributed by atoms with Gasteiger partial charge in [-0.05, 0) is 29.7 Å². The molecule has 2 aromatic carbocycles. The molecule has 2 amide bonds. The molecule has 1 aliphatic rings. The van der Waals surface area contributed by atoms with Gasteiger partial charge in [0, 0.05) is 19.7 Å².